The Morgan fingerprint density at radius 3 is 2.50 bits per heavy atom. The molecule has 0 spiro atoms. The molecular formula is C19H16F3N5O. The van der Waals surface area contributed by atoms with Crippen LogP contribution in [0.3, 0.4) is 0 Å². The van der Waals surface area contributed by atoms with E-state index in [0.29, 0.717) is 11.6 Å². The molecule has 0 saturated carbocycles. The van der Waals surface area contributed by atoms with E-state index in [9.17, 15) is 18.4 Å². The fourth-order valence-corrected chi connectivity index (χ4v) is 2.89. The summed E-state index contributed by atoms with van der Waals surface area (Å²) >= 11 is 0. The topological polar surface area (TPSA) is 76.6 Å². The van der Waals surface area contributed by atoms with Gasteiger partial charge in [-0.15, -0.1) is 10.2 Å². The van der Waals surface area contributed by atoms with Gasteiger partial charge in [0.25, 0.3) is 0 Å². The number of nitriles is 1. The first-order valence-electron chi connectivity index (χ1n) is 8.24. The van der Waals surface area contributed by atoms with Gasteiger partial charge in [0.1, 0.15) is 17.4 Å². The molecule has 1 aromatic carbocycles. The Morgan fingerprint density at radius 1 is 1.11 bits per heavy atom. The first-order valence-corrected chi connectivity index (χ1v) is 8.24. The summed E-state index contributed by atoms with van der Waals surface area (Å²) in [5, 5.41) is 17.2. The van der Waals surface area contributed by atoms with Crippen molar-refractivity contribution in [3.8, 4) is 23.2 Å². The number of nitrogens with zero attached hydrogens (tertiary/aromatic N) is 5. The van der Waals surface area contributed by atoms with Crippen LogP contribution in [-0.2, 0) is 18.8 Å². The second kappa shape index (κ2) is 6.96. The molecule has 0 aliphatic rings. The SMILES string of the molecule is Cn1c(-c2ccccc2C(F)(F)F)nnc1C(C)(C)Oc1ccncc1C#N. The maximum Gasteiger partial charge on any atom is 0.417 e. The highest BCUT2D eigenvalue weighted by molar-refractivity contribution is 5.61. The van der Waals surface area contributed by atoms with Gasteiger partial charge in [-0.3, -0.25) is 4.98 Å². The average Bonchev–Trinajstić information content (AvgIpc) is 3.03. The van der Waals surface area contributed by atoms with Crippen LogP contribution >= 0.6 is 0 Å². The third-order valence-corrected chi connectivity index (χ3v) is 4.15. The predicted octanol–water partition coefficient (Wildman–Crippen LogP) is 4.08. The highest BCUT2D eigenvalue weighted by atomic mass is 19.4. The molecule has 9 heteroatoms. The first-order chi connectivity index (χ1) is 13.1. The second-order valence-corrected chi connectivity index (χ2v) is 6.55. The van der Waals surface area contributed by atoms with Gasteiger partial charge in [0.15, 0.2) is 17.2 Å². The fraction of sp³-hybridized carbons (Fsp3) is 0.263. The molecule has 0 radical (unpaired) electrons. The predicted molar refractivity (Wildman–Crippen MR) is 94.0 cm³/mol. The summed E-state index contributed by atoms with van der Waals surface area (Å²) in [6.07, 6.45) is -1.67. The van der Waals surface area contributed by atoms with E-state index in [4.69, 9.17) is 4.74 Å². The van der Waals surface area contributed by atoms with E-state index in [0.717, 1.165) is 6.07 Å². The third kappa shape index (κ3) is 3.53. The molecule has 0 N–H and O–H groups in total. The summed E-state index contributed by atoms with van der Waals surface area (Å²) in [6, 6.07) is 8.71. The molecule has 0 aliphatic heterocycles. The second-order valence-electron chi connectivity index (χ2n) is 6.55. The molecule has 2 aromatic heterocycles. The van der Waals surface area contributed by atoms with Crippen molar-refractivity contribution in [1.29, 1.82) is 5.26 Å². The minimum atomic E-state index is -4.52. The number of benzene rings is 1. The van der Waals surface area contributed by atoms with Crippen molar-refractivity contribution in [3.05, 3.63) is 59.7 Å². The largest absolute Gasteiger partial charge is 0.478 e. The maximum absolute atomic E-state index is 13.4. The Morgan fingerprint density at radius 2 is 1.82 bits per heavy atom. The lowest BCUT2D eigenvalue weighted by molar-refractivity contribution is -0.137. The summed E-state index contributed by atoms with van der Waals surface area (Å²) in [6.45, 7) is 3.38. The van der Waals surface area contributed by atoms with Gasteiger partial charge < -0.3 is 9.30 Å². The monoisotopic (exact) mass is 387 g/mol. The molecule has 144 valence electrons. The van der Waals surface area contributed by atoms with Gasteiger partial charge in [-0.2, -0.15) is 18.4 Å². The van der Waals surface area contributed by atoms with Gasteiger partial charge in [-0.05, 0) is 26.0 Å². The minimum absolute atomic E-state index is 0.0647. The maximum atomic E-state index is 13.4. The summed E-state index contributed by atoms with van der Waals surface area (Å²) in [7, 11) is 1.57. The molecule has 0 fully saturated rings. The Balaban J connectivity index is 2.03. The van der Waals surface area contributed by atoms with Crippen LogP contribution in [0.1, 0.15) is 30.8 Å². The van der Waals surface area contributed by atoms with Crippen molar-refractivity contribution in [2.24, 2.45) is 7.05 Å². The van der Waals surface area contributed by atoms with Crippen molar-refractivity contribution < 1.29 is 17.9 Å². The van der Waals surface area contributed by atoms with Gasteiger partial charge in [0, 0.05) is 25.0 Å². The van der Waals surface area contributed by atoms with Gasteiger partial charge in [0.2, 0.25) is 0 Å². The van der Waals surface area contributed by atoms with E-state index in [1.165, 1.54) is 41.2 Å². The summed E-state index contributed by atoms with van der Waals surface area (Å²) in [4.78, 5) is 3.87. The van der Waals surface area contributed by atoms with E-state index in [1.807, 2.05) is 6.07 Å². The fourth-order valence-electron chi connectivity index (χ4n) is 2.89. The molecule has 6 nitrogen and oxygen atoms in total. The molecule has 28 heavy (non-hydrogen) atoms. The molecular weight excluding hydrogens is 371 g/mol. The molecule has 0 atom stereocenters. The van der Waals surface area contributed by atoms with E-state index in [2.05, 4.69) is 15.2 Å². The number of hydrogen-bond acceptors (Lipinski definition) is 5. The molecule has 0 saturated heterocycles. The summed E-state index contributed by atoms with van der Waals surface area (Å²) in [5.41, 5.74) is -1.70. The Labute approximate surface area is 159 Å². The molecule has 0 bridgehead atoms. The summed E-state index contributed by atoms with van der Waals surface area (Å²) in [5.74, 6) is 0.665. The molecule has 0 unspecified atom stereocenters. The van der Waals surface area contributed by atoms with Crippen molar-refractivity contribution in [2.75, 3.05) is 0 Å². The zero-order valence-corrected chi connectivity index (χ0v) is 15.3. The van der Waals surface area contributed by atoms with Crippen molar-refractivity contribution in [2.45, 2.75) is 25.6 Å². The van der Waals surface area contributed by atoms with Crippen molar-refractivity contribution >= 4 is 0 Å². The third-order valence-electron chi connectivity index (χ3n) is 4.15. The highest BCUT2D eigenvalue weighted by Crippen LogP contribution is 2.37. The lowest BCUT2D eigenvalue weighted by atomic mass is 10.1. The van der Waals surface area contributed by atoms with Crippen LogP contribution in [0.25, 0.3) is 11.4 Å². The Hall–Kier alpha value is -3.41. The molecule has 0 aliphatic carbocycles. The molecule has 2 heterocycles. The van der Waals surface area contributed by atoms with Crippen LogP contribution < -0.4 is 4.74 Å². The minimum Gasteiger partial charge on any atom is -0.478 e. The van der Waals surface area contributed by atoms with Crippen LogP contribution in [0.5, 0.6) is 5.75 Å². The number of alkyl halides is 3. The Kier molecular flexibility index (Phi) is 4.81. The van der Waals surface area contributed by atoms with Crippen molar-refractivity contribution in [1.82, 2.24) is 19.7 Å². The van der Waals surface area contributed by atoms with Crippen LogP contribution in [0.15, 0.2) is 42.7 Å². The quantitative estimate of drug-likeness (QED) is 0.674. The molecule has 3 rings (SSSR count). The number of aromatic nitrogens is 4. The van der Waals surface area contributed by atoms with Crippen LogP contribution in [0.4, 0.5) is 13.2 Å². The number of pyridine rings is 1. The van der Waals surface area contributed by atoms with E-state index in [-0.39, 0.29) is 17.0 Å². The average molecular weight is 387 g/mol. The van der Waals surface area contributed by atoms with Crippen LogP contribution in [-0.4, -0.2) is 19.7 Å². The lowest BCUT2D eigenvalue weighted by Gasteiger charge is -2.26. The number of halogens is 3. The smallest absolute Gasteiger partial charge is 0.417 e. The van der Waals surface area contributed by atoms with Crippen LogP contribution in [0.2, 0.25) is 0 Å². The van der Waals surface area contributed by atoms with Gasteiger partial charge in [-0.1, -0.05) is 18.2 Å². The van der Waals surface area contributed by atoms with Gasteiger partial charge >= 0.3 is 6.18 Å². The van der Waals surface area contributed by atoms with Crippen LogP contribution in [0, 0.1) is 11.3 Å². The van der Waals surface area contributed by atoms with E-state index < -0.39 is 17.3 Å². The van der Waals surface area contributed by atoms with Crippen molar-refractivity contribution in [3.63, 3.8) is 0 Å². The zero-order valence-electron chi connectivity index (χ0n) is 15.3. The van der Waals surface area contributed by atoms with Gasteiger partial charge in [-0.25, -0.2) is 0 Å². The van der Waals surface area contributed by atoms with E-state index >= 15 is 0 Å². The van der Waals surface area contributed by atoms with Gasteiger partial charge in [0.05, 0.1) is 5.56 Å². The number of rotatable bonds is 4. The molecule has 0 amide bonds. The normalized spacial score (nSPS) is 11.9. The molecule has 3 aromatic rings. The number of hydrogen-bond donors (Lipinski definition) is 0. The summed E-state index contributed by atoms with van der Waals surface area (Å²) < 4.78 is 47.5. The number of ether oxygens (including phenoxy) is 1. The van der Waals surface area contributed by atoms with E-state index in [1.54, 1.807) is 20.9 Å². The lowest BCUT2D eigenvalue weighted by Crippen LogP contribution is -2.29. The standard InChI is InChI=1S/C19H16F3N5O/c1-18(2,28-15-8-9-24-11-12(15)10-23)17-26-25-16(27(17)3)13-6-4-5-7-14(13)19(20,21)22/h4-9,11H,1-3H3. The Bertz CT molecular complexity index is 1050. The highest BCUT2D eigenvalue weighted by Gasteiger charge is 2.36. The zero-order chi connectivity index (χ0) is 20.5. The first kappa shape index (κ1) is 19.4.